The highest BCUT2D eigenvalue weighted by molar-refractivity contribution is 7.99. The van der Waals surface area contributed by atoms with Crippen LogP contribution in [-0.2, 0) is 38.1 Å². The number of hydrogen-bond acceptors (Lipinski definition) is 10. The van der Waals surface area contributed by atoms with Crippen molar-refractivity contribution in [3.8, 4) is 0 Å². The van der Waals surface area contributed by atoms with Gasteiger partial charge in [-0.05, 0) is 26.7 Å². The molecule has 0 aliphatic heterocycles. The summed E-state index contributed by atoms with van der Waals surface area (Å²) in [5.41, 5.74) is -0.714. The number of carbonyl (C=O) groups excluding carboxylic acids is 4. The topological polar surface area (TPSA) is 125 Å². The zero-order valence-corrected chi connectivity index (χ0v) is 21.2. The van der Waals surface area contributed by atoms with Crippen molar-refractivity contribution in [1.82, 2.24) is 0 Å². The van der Waals surface area contributed by atoms with Crippen molar-refractivity contribution >= 4 is 35.6 Å². The maximum Gasteiger partial charge on any atom is 0.333 e. The van der Waals surface area contributed by atoms with Gasteiger partial charge in [-0.25, -0.2) is 4.79 Å². The third kappa shape index (κ3) is 13.3. The summed E-state index contributed by atoms with van der Waals surface area (Å²) < 4.78 is 19.9. The van der Waals surface area contributed by atoms with Gasteiger partial charge in [0.05, 0.1) is 31.5 Å². The standard InChI is InChI=1S/C23H38O9S/c1-7-8-10-30-21(27)17(4)12-23(5,22(28)29-6)15-33-11-9-19(25)31-13-18(24)14-32-20(26)16(2)3/h17-18,24H,2,7-15H2,1,3-6H3. The van der Waals surface area contributed by atoms with E-state index in [9.17, 15) is 24.3 Å². The van der Waals surface area contributed by atoms with Crippen LogP contribution in [0.25, 0.3) is 0 Å². The Balaban J connectivity index is 4.44. The number of aliphatic hydroxyl groups is 1. The average molecular weight is 491 g/mol. The molecule has 3 unspecified atom stereocenters. The van der Waals surface area contributed by atoms with Crippen molar-refractivity contribution in [3.63, 3.8) is 0 Å². The Morgan fingerprint density at radius 3 is 2.33 bits per heavy atom. The number of rotatable bonds is 17. The van der Waals surface area contributed by atoms with Gasteiger partial charge >= 0.3 is 23.9 Å². The molecule has 33 heavy (non-hydrogen) atoms. The van der Waals surface area contributed by atoms with Crippen LogP contribution >= 0.6 is 11.8 Å². The molecule has 0 aliphatic rings. The molecule has 1 N–H and O–H groups in total. The van der Waals surface area contributed by atoms with Gasteiger partial charge in [0.2, 0.25) is 0 Å². The zero-order chi connectivity index (χ0) is 25.4. The Morgan fingerprint density at radius 2 is 1.76 bits per heavy atom. The molecule has 0 saturated carbocycles. The summed E-state index contributed by atoms with van der Waals surface area (Å²) in [6.07, 6.45) is 0.898. The smallest absolute Gasteiger partial charge is 0.333 e. The quantitative estimate of drug-likeness (QED) is 0.141. The minimum absolute atomic E-state index is 0.0643. The Hall–Kier alpha value is -2.07. The molecule has 0 amide bonds. The van der Waals surface area contributed by atoms with Gasteiger partial charge < -0.3 is 24.1 Å². The van der Waals surface area contributed by atoms with E-state index in [2.05, 4.69) is 6.58 Å². The van der Waals surface area contributed by atoms with Crippen molar-refractivity contribution in [1.29, 1.82) is 0 Å². The first-order valence-electron chi connectivity index (χ1n) is 11.0. The van der Waals surface area contributed by atoms with Crippen molar-refractivity contribution in [2.45, 2.75) is 59.5 Å². The number of unbranched alkanes of at least 4 members (excludes halogenated alkanes) is 1. The van der Waals surface area contributed by atoms with Crippen LogP contribution in [0.5, 0.6) is 0 Å². The number of esters is 4. The van der Waals surface area contributed by atoms with Crippen LogP contribution in [0.2, 0.25) is 0 Å². The molecule has 0 radical (unpaired) electrons. The van der Waals surface area contributed by atoms with Crippen LogP contribution in [0.4, 0.5) is 0 Å². The van der Waals surface area contributed by atoms with E-state index in [4.69, 9.17) is 18.9 Å². The van der Waals surface area contributed by atoms with Crippen LogP contribution < -0.4 is 0 Å². The van der Waals surface area contributed by atoms with E-state index in [0.717, 1.165) is 12.8 Å². The summed E-state index contributed by atoms with van der Waals surface area (Å²) >= 11 is 1.36. The molecule has 0 aromatic heterocycles. The number of methoxy groups -OCH3 is 1. The highest BCUT2D eigenvalue weighted by Gasteiger charge is 2.38. The maximum absolute atomic E-state index is 12.4. The summed E-state index contributed by atoms with van der Waals surface area (Å²) in [6, 6.07) is 0. The fourth-order valence-corrected chi connectivity index (χ4v) is 3.87. The van der Waals surface area contributed by atoms with E-state index in [1.165, 1.54) is 25.8 Å². The third-order valence-electron chi connectivity index (χ3n) is 4.64. The minimum atomic E-state index is -1.13. The van der Waals surface area contributed by atoms with E-state index >= 15 is 0 Å². The SMILES string of the molecule is C=C(C)C(=O)OCC(O)COC(=O)CCSCC(C)(CC(C)C(=O)OCCCC)C(=O)OC. The molecule has 0 rings (SSSR count). The molecule has 0 aliphatic carbocycles. The first kappa shape index (κ1) is 30.9. The lowest BCUT2D eigenvalue weighted by Gasteiger charge is -2.28. The van der Waals surface area contributed by atoms with E-state index in [1.807, 2.05) is 6.92 Å². The number of hydrogen-bond donors (Lipinski definition) is 1. The zero-order valence-electron chi connectivity index (χ0n) is 20.3. The average Bonchev–Trinajstić information content (AvgIpc) is 2.78. The highest BCUT2D eigenvalue weighted by atomic mass is 32.2. The van der Waals surface area contributed by atoms with E-state index in [0.29, 0.717) is 18.1 Å². The molecule has 0 aromatic rings. The van der Waals surface area contributed by atoms with Gasteiger partial charge in [-0.2, -0.15) is 11.8 Å². The fraction of sp³-hybridized carbons (Fsp3) is 0.739. The summed E-state index contributed by atoms with van der Waals surface area (Å²) in [5.74, 6) is -1.69. The number of aliphatic hydroxyl groups excluding tert-OH is 1. The Labute approximate surface area is 200 Å². The maximum atomic E-state index is 12.4. The van der Waals surface area contributed by atoms with Crippen LogP contribution in [0, 0.1) is 11.3 Å². The molecule has 0 bridgehead atoms. The molecule has 190 valence electrons. The fourth-order valence-electron chi connectivity index (χ4n) is 2.72. The van der Waals surface area contributed by atoms with Gasteiger partial charge in [0, 0.05) is 17.1 Å². The summed E-state index contributed by atoms with van der Waals surface area (Å²) in [4.78, 5) is 47.7. The lowest BCUT2D eigenvalue weighted by molar-refractivity contribution is -0.155. The van der Waals surface area contributed by atoms with Crippen LogP contribution in [-0.4, -0.2) is 73.5 Å². The van der Waals surface area contributed by atoms with E-state index in [1.54, 1.807) is 13.8 Å². The van der Waals surface area contributed by atoms with Crippen molar-refractivity contribution in [3.05, 3.63) is 12.2 Å². The second kappa shape index (κ2) is 16.5. The van der Waals surface area contributed by atoms with Crippen LogP contribution in [0.1, 0.15) is 53.4 Å². The normalized spacial score (nSPS) is 14.4. The molecule has 0 spiro atoms. The summed E-state index contributed by atoms with van der Waals surface area (Å²) in [6.45, 7) is 10.1. The van der Waals surface area contributed by atoms with Gasteiger partial charge in [0.15, 0.2) is 0 Å². The van der Waals surface area contributed by atoms with Crippen molar-refractivity contribution in [2.75, 3.05) is 38.4 Å². The molecule has 9 nitrogen and oxygen atoms in total. The predicted octanol–water partition coefficient (Wildman–Crippen LogP) is 2.68. The van der Waals surface area contributed by atoms with Crippen LogP contribution in [0.3, 0.4) is 0 Å². The predicted molar refractivity (Wildman–Crippen MR) is 124 cm³/mol. The first-order valence-corrected chi connectivity index (χ1v) is 12.1. The Kier molecular flexibility index (Phi) is 15.5. The molecular formula is C23H38O9S. The monoisotopic (exact) mass is 490 g/mol. The van der Waals surface area contributed by atoms with Crippen molar-refractivity contribution < 1.29 is 43.2 Å². The molecule has 0 saturated heterocycles. The summed E-state index contributed by atoms with van der Waals surface area (Å²) in [7, 11) is 1.30. The van der Waals surface area contributed by atoms with Crippen molar-refractivity contribution in [2.24, 2.45) is 11.3 Å². The van der Waals surface area contributed by atoms with Gasteiger partial charge in [0.25, 0.3) is 0 Å². The van der Waals surface area contributed by atoms with E-state index < -0.39 is 35.3 Å². The molecule has 0 fully saturated rings. The number of ether oxygens (including phenoxy) is 4. The molecule has 0 aromatic carbocycles. The molecule has 0 heterocycles. The lowest BCUT2D eigenvalue weighted by atomic mass is 9.83. The molecule has 3 atom stereocenters. The van der Waals surface area contributed by atoms with Gasteiger partial charge in [0.1, 0.15) is 19.3 Å². The Morgan fingerprint density at radius 1 is 1.12 bits per heavy atom. The third-order valence-corrected chi connectivity index (χ3v) is 5.98. The second-order valence-electron chi connectivity index (χ2n) is 8.20. The molecular weight excluding hydrogens is 452 g/mol. The van der Waals surface area contributed by atoms with E-state index in [-0.39, 0.29) is 37.6 Å². The van der Waals surface area contributed by atoms with Gasteiger partial charge in [-0.1, -0.05) is 26.8 Å². The number of carbonyl (C=O) groups is 4. The molecule has 10 heteroatoms. The second-order valence-corrected chi connectivity index (χ2v) is 9.30. The summed E-state index contributed by atoms with van der Waals surface area (Å²) in [5, 5.41) is 9.71. The van der Waals surface area contributed by atoms with Gasteiger partial charge in [-0.3, -0.25) is 14.4 Å². The highest BCUT2D eigenvalue weighted by Crippen LogP contribution is 2.32. The minimum Gasteiger partial charge on any atom is -0.469 e. The number of thioether (sulfide) groups is 1. The van der Waals surface area contributed by atoms with Gasteiger partial charge in [-0.15, -0.1) is 0 Å². The lowest BCUT2D eigenvalue weighted by Crippen LogP contribution is -2.35. The Bertz CT molecular complexity index is 664. The largest absolute Gasteiger partial charge is 0.469 e. The van der Waals surface area contributed by atoms with Crippen LogP contribution in [0.15, 0.2) is 12.2 Å². The first-order chi connectivity index (χ1) is 15.5.